The molecule has 6 N–H and O–H groups in total. The van der Waals surface area contributed by atoms with Crippen molar-refractivity contribution in [2.24, 2.45) is 16.6 Å². The summed E-state index contributed by atoms with van der Waals surface area (Å²) in [6, 6.07) is 13.2. The first-order chi connectivity index (χ1) is 15.3. The standard InChI is InChI=1S/C11H17N3O2.C10H13NO4S/c1-9-3-5-10(6-4-9)15-7-2-8-16-14-11(12)13;1-14-8-4-3-7(5-9(8)15-2)16-11-6-10(12)13/h3-6H,2,7-8H2,1H3,(H4,12,13,14);3-5,11H,6H2,1-2H3,(H,12,13). The third-order valence-corrected chi connectivity index (χ3v) is 4.39. The number of nitrogens with zero attached hydrogens (tertiary/aromatic N) is 1. The molecule has 2 aromatic rings. The second kappa shape index (κ2) is 15.5. The summed E-state index contributed by atoms with van der Waals surface area (Å²) in [5.41, 5.74) is 11.4. The van der Waals surface area contributed by atoms with Crippen molar-refractivity contribution in [3.63, 3.8) is 0 Å². The first kappa shape index (κ1) is 26.7. The van der Waals surface area contributed by atoms with E-state index in [0.717, 1.165) is 17.1 Å². The van der Waals surface area contributed by atoms with Gasteiger partial charge >= 0.3 is 5.97 Å². The van der Waals surface area contributed by atoms with Crippen molar-refractivity contribution in [1.82, 2.24) is 4.72 Å². The number of hydrogen-bond acceptors (Lipinski definition) is 8. The number of rotatable bonds is 12. The fourth-order valence-electron chi connectivity index (χ4n) is 2.13. The third kappa shape index (κ3) is 11.8. The third-order valence-electron chi connectivity index (χ3n) is 3.61. The van der Waals surface area contributed by atoms with Crippen molar-refractivity contribution in [3.8, 4) is 17.2 Å². The summed E-state index contributed by atoms with van der Waals surface area (Å²) < 4.78 is 18.4. The lowest BCUT2D eigenvalue weighted by molar-refractivity contribution is -0.135. The number of methoxy groups -OCH3 is 2. The van der Waals surface area contributed by atoms with Crippen LogP contribution in [0.25, 0.3) is 0 Å². The van der Waals surface area contributed by atoms with Gasteiger partial charge in [-0.1, -0.05) is 17.7 Å². The maximum atomic E-state index is 10.3. The number of oxime groups is 1. The highest BCUT2D eigenvalue weighted by atomic mass is 32.2. The number of guanidine groups is 1. The van der Waals surface area contributed by atoms with E-state index in [9.17, 15) is 4.79 Å². The number of hydrogen-bond donors (Lipinski definition) is 4. The van der Waals surface area contributed by atoms with Crippen molar-refractivity contribution in [3.05, 3.63) is 48.0 Å². The molecule has 0 aliphatic rings. The van der Waals surface area contributed by atoms with Crippen LogP contribution in [-0.2, 0) is 9.63 Å². The number of carbonyl (C=O) groups is 1. The van der Waals surface area contributed by atoms with Crippen LogP contribution in [0.1, 0.15) is 12.0 Å². The number of carboxylic acids is 1. The molecule has 10 nitrogen and oxygen atoms in total. The summed E-state index contributed by atoms with van der Waals surface area (Å²) in [4.78, 5) is 16.0. The molecule has 0 saturated carbocycles. The van der Waals surface area contributed by atoms with Gasteiger partial charge in [0.25, 0.3) is 0 Å². The number of benzene rings is 2. The number of nitrogens with two attached hydrogens (primary N) is 2. The van der Waals surface area contributed by atoms with E-state index in [2.05, 4.69) is 9.88 Å². The van der Waals surface area contributed by atoms with Crippen LogP contribution in [0.5, 0.6) is 17.2 Å². The molecule has 0 fully saturated rings. The zero-order valence-corrected chi connectivity index (χ0v) is 19.2. The van der Waals surface area contributed by atoms with Gasteiger partial charge in [0, 0.05) is 11.3 Å². The maximum Gasteiger partial charge on any atom is 0.318 e. The quantitative estimate of drug-likeness (QED) is 0.121. The van der Waals surface area contributed by atoms with Crippen LogP contribution in [0.3, 0.4) is 0 Å². The largest absolute Gasteiger partial charge is 0.493 e. The summed E-state index contributed by atoms with van der Waals surface area (Å²) in [5.74, 6) is 1.15. The Morgan fingerprint density at radius 2 is 1.75 bits per heavy atom. The van der Waals surface area contributed by atoms with Gasteiger partial charge in [-0.2, -0.15) is 0 Å². The lowest BCUT2D eigenvalue weighted by Gasteiger charge is -2.09. The summed E-state index contributed by atoms with van der Waals surface area (Å²) in [6.07, 6.45) is 0.727. The van der Waals surface area contributed by atoms with Crippen LogP contribution in [0, 0.1) is 6.92 Å². The predicted molar refractivity (Wildman–Crippen MR) is 124 cm³/mol. The topological polar surface area (TPSA) is 151 Å². The van der Waals surface area contributed by atoms with E-state index >= 15 is 0 Å². The van der Waals surface area contributed by atoms with Crippen molar-refractivity contribution in [2.75, 3.05) is 34.0 Å². The van der Waals surface area contributed by atoms with E-state index in [1.807, 2.05) is 37.3 Å². The van der Waals surface area contributed by atoms with Gasteiger partial charge in [-0.25, -0.2) is 4.72 Å². The molecule has 2 rings (SSSR count). The van der Waals surface area contributed by atoms with Gasteiger partial charge < -0.3 is 35.6 Å². The molecule has 0 aromatic heterocycles. The molecule has 0 aliphatic heterocycles. The Balaban J connectivity index is 0.000000320. The van der Waals surface area contributed by atoms with Crippen LogP contribution in [0.15, 0.2) is 52.5 Å². The van der Waals surface area contributed by atoms with Crippen LogP contribution < -0.4 is 30.4 Å². The zero-order valence-electron chi connectivity index (χ0n) is 18.4. The number of carboxylic acid groups (broad SMARTS) is 1. The molecule has 0 heterocycles. The molecule has 0 radical (unpaired) electrons. The van der Waals surface area contributed by atoms with E-state index in [1.165, 1.54) is 17.5 Å². The number of ether oxygens (including phenoxy) is 3. The number of aliphatic carboxylic acids is 1. The maximum absolute atomic E-state index is 10.3. The Kier molecular flexibility index (Phi) is 12.9. The molecule has 2 aromatic carbocycles. The lowest BCUT2D eigenvalue weighted by Crippen LogP contribution is -2.23. The van der Waals surface area contributed by atoms with Gasteiger partial charge in [0.1, 0.15) is 18.9 Å². The molecular weight excluding hydrogens is 436 g/mol. The fourth-order valence-corrected chi connectivity index (χ4v) is 2.79. The first-order valence-corrected chi connectivity index (χ1v) is 10.4. The molecule has 0 aliphatic carbocycles. The molecule has 0 spiro atoms. The molecule has 0 atom stereocenters. The summed E-state index contributed by atoms with van der Waals surface area (Å²) in [5, 5.41) is 11.9. The Labute approximate surface area is 192 Å². The average Bonchev–Trinajstić information content (AvgIpc) is 2.77. The van der Waals surface area contributed by atoms with Gasteiger partial charge in [0.05, 0.1) is 20.8 Å². The van der Waals surface area contributed by atoms with Crippen molar-refractivity contribution in [2.45, 2.75) is 18.2 Å². The molecule has 11 heteroatoms. The Bertz CT molecular complexity index is 845. The van der Waals surface area contributed by atoms with E-state index in [0.29, 0.717) is 24.7 Å². The van der Waals surface area contributed by atoms with Crippen molar-refractivity contribution in [1.29, 1.82) is 0 Å². The van der Waals surface area contributed by atoms with Gasteiger partial charge in [-0.05, 0) is 54.4 Å². The normalized spacial score (nSPS) is 9.72. The van der Waals surface area contributed by atoms with Crippen LogP contribution in [-0.4, -0.2) is 51.0 Å². The summed E-state index contributed by atoms with van der Waals surface area (Å²) in [7, 11) is 3.12. The van der Waals surface area contributed by atoms with Crippen molar-refractivity contribution < 1.29 is 28.9 Å². The Hall–Kier alpha value is -3.31. The first-order valence-electron chi connectivity index (χ1n) is 9.59. The SMILES string of the molecule is COc1ccc(SNCC(=O)O)cc1OC.Cc1ccc(OCCCON=C(N)N)cc1. The zero-order chi connectivity index (χ0) is 23.8. The van der Waals surface area contributed by atoms with Crippen LogP contribution in [0.4, 0.5) is 0 Å². The molecule has 0 bridgehead atoms. The highest BCUT2D eigenvalue weighted by molar-refractivity contribution is 7.97. The minimum absolute atomic E-state index is 0.0700. The second-order valence-electron chi connectivity index (χ2n) is 6.20. The Morgan fingerprint density at radius 3 is 2.34 bits per heavy atom. The molecule has 0 amide bonds. The fraction of sp³-hybridized carbons (Fsp3) is 0.333. The summed E-state index contributed by atoms with van der Waals surface area (Å²) >= 11 is 1.23. The molecule has 176 valence electrons. The minimum Gasteiger partial charge on any atom is -0.493 e. The smallest absolute Gasteiger partial charge is 0.318 e. The van der Waals surface area contributed by atoms with Crippen molar-refractivity contribution >= 4 is 23.9 Å². The van der Waals surface area contributed by atoms with Gasteiger partial charge in [0.2, 0.25) is 5.96 Å². The number of nitrogens with one attached hydrogen (secondary N) is 1. The van der Waals surface area contributed by atoms with E-state index in [1.54, 1.807) is 26.4 Å². The monoisotopic (exact) mass is 466 g/mol. The van der Waals surface area contributed by atoms with Crippen LogP contribution >= 0.6 is 11.9 Å². The van der Waals surface area contributed by atoms with E-state index in [4.69, 9.17) is 35.6 Å². The second-order valence-corrected chi connectivity index (χ2v) is 7.16. The van der Waals surface area contributed by atoms with Gasteiger partial charge in [-0.3, -0.25) is 4.79 Å². The minimum atomic E-state index is -0.895. The van der Waals surface area contributed by atoms with E-state index < -0.39 is 5.97 Å². The van der Waals surface area contributed by atoms with Gasteiger partial charge in [0.15, 0.2) is 11.5 Å². The van der Waals surface area contributed by atoms with Gasteiger partial charge in [-0.15, -0.1) is 0 Å². The molecule has 0 saturated heterocycles. The molecule has 0 unspecified atom stereocenters. The highest BCUT2D eigenvalue weighted by Gasteiger charge is 2.05. The lowest BCUT2D eigenvalue weighted by atomic mass is 10.2. The molecule has 32 heavy (non-hydrogen) atoms. The summed E-state index contributed by atoms with van der Waals surface area (Å²) in [6.45, 7) is 2.94. The molecular formula is C21H30N4O6S. The van der Waals surface area contributed by atoms with E-state index in [-0.39, 0.29) is 12.5 Å². The predicted octanol–water partition coefficient (Wildman–Crippen LogP) is 2.35. The van der Waals surface area contributed by atoms with Crippen LogP contribution in [0.2, 0.25) is 0 Å². The Morgan fingerprint density at radius 1 is 1.06 bits per heavy atom. The number of aryl methyl sites for hydroxylation is 1. The average molecular weight is 467 g/mol. The highest BCUT2D eigenvalue weighted by Crippen LogP contribution is 2.30.